The summed E-state index contributed by atoms with van der Waals surface area (Å²) in [7, 11) is -0.0743. The van der Waals surface area contributed by atoms with Gasteiger partial charge in [-0.25, -0.2) is 9.59 Å². The number of hydrogen-bond acceptors (Lipinski definition) is 11. The van der Waals surface area contributed by atoms with E-state index < -0.39 is 62.2 Å². The van der Waals surface area contributed by atoms with Gasteiger partial charge in [-0.15, -0.1) is 13.1 Å². The van der Waals surface area contributed by atoms with Gasteiger partial charge >= 0.3 is 48.4 Å². The maximum Gasteiger partial charge on any atom is 0.422 e. The number of benzene rings is 5. The number of hydrogen-bond donors (Lipinski definition) is 0. The molecule has 9 fully saturated rings. The molecular weight excluding hydrogens is 1460 g/mol. The summed E-state index contributed by atoms with van der Waals surface area (Å²) >= 11 is 0. The smallest absolute Gasteiger partial charge is 0.422 e. The Morgan fingerprint density at radius 2 is 0.936 bits per heavy atom. The van der Waals surface area contributed by atoms with Crippen molar-refractivity contribution in [1.29, 1.82) is 0 Å². The lowest BCUT2D eigenvalue weighted by Crippen LogP contribution is -2.50. The summed E-state index contributed by atoms with van der Waals surface area (Å²) in [6.07, 6.45) is 5.37. The van der Waals surface area contributed by atoms with Gasteiger partial charge in [-0.2, -0.15) is 39.5 Å². The average molecular weight is 1570 g/mol. The van der Waals surface area contributed by atoms with E-state index >= 15 is 0 Å². The standard InChI is InChI=1S/C27H29O3S.C18H19S.2C15H21F3NO2.C10H15F3O4/c1-2-27(19-9-10-20-27)30-26(28)21-29-22-15-17-25(18-16-22)31(23-11-5-3-6-12-23)24-13-7-4-8-14-24;1-18(2,3)15-8-10-16(11-9-15)19-13-12-14-6-4-5-7-17(14)19;2*16-15(17,18)9-19-1-2-21-13(20)14-6-10-3-11(7-14)5-12(4-10)8-14;1-4-9(2,3)8(15)16-5-7(14)17-6-10(11,12)13/h3-8,11-18H,2,9-10,19-21H2,1H3;4-13H,1-3H3;2*10-12H,1-9H2;4-6H2,1-3H3/q2*+1;2*-1;. The van der Waals surface area contributed by atoms with E-state index in [-0.39, 0.29) is 94.0 Å². The third-order valence-electron chi connectivity index (χ3n) is 22.0. The van der Waals surface area contributed by atoms with Gasteiger partial charge in [0.1, 0.15) is 16.7 Å². The molecule has 9 saturated carbocycles. The van der Waals surface area contributed by atoms with E-state index in [0.29, 0.717) is 47.7 Å². The van der Waals surface area contributed by atoms with Crippen molar-refractivity contribution in [2.24, 2.45) is 51.8 Å². The Hall–Kier alpha value is -7.15. The first-order valence-corrected chi connectivity index (χ1v) is 40.6. The topological polar surface area (TPSA) is 169 Å². The lowest BCUT2D eigenvalue weighted by molar-refractivity contribution is -0.190. The Morgan fingerprint density at radius 3 is 1.36 bits per heavy atom. The molecule has 6 aromatic rings. The normalized spacial score (nSPS) is 23.0. The first kappa shape index (κ1) is 85.8. The molecule has 8 bridgehead atoms. The van der Waals surface area contributed by atoms with Crippen LogP contribution < -0.4 is 4.74 Å². The molecular formula is C85H105F9N2O11S2. The molecule has 1 aromatic heterocycles. The van der Waals surface area contributed by atoms with E-state index in [0.717, 1.165) is 70.6 Å². The summed E-state index contributed by atoms with van der Waals surface area (Å²) in [4.78, 5) is 64.4. The maximum atomic E-state index is 12.4. The third-order valence-corrected chi connectivity index (χ3v) is 26.3. The Kier molecular flexibility index (Phi) is 29.9. The lowest BCUT2D eigenvalue weighted by Gasteiger charge is -2.55. The van der Waals surface area contributed by atoms with Gasteiger partial charge in [0.25, 0.3) is 0 Å². The zero-order valence-corrected chi connectivity index (χ0v) is 65.1. The first-order chi connectivity index (χ1) is 51.6. The van der Waals surface area contributed by atoms with Crippen molar-refractivity contribution in [1.82, 2.24) is 0 Å². The van der Waals surface area contributed by atoms with Gasteiger partial charge in [0.15, 0.2) is 44.1 Å². The Balaban J connectivity index is 0.000000160. The molecule has 109 heavy (non-hydrogen) atoms. The third kappa shape index (κ3) is 25.4. The number of carbonyl (C=O) groups excluding carboxylic acids is 5. The second-order valence-electron chi connectivity index (χ2n) is 32.1. The minimum absolute atomic E-state index is 0.0311. The number of carbonyl (C=O) groups is 5. The number of ether oxygens (including phenoxy) is 6. The molecule has 0 spiro atoms. The molecule has 9 aliphatic carbocycles. The van der Waals surface area contributed by atoms with E-state index in [1.54, 1.807) is 20.8 Å². The van der Waals surface area contributed by atoms with E-state index in [1.165, 1.54) is 73.8 Å². The minimum atomic E-state index is -4.58. The molecule has 1 atom stereocenters. The number of thiophene rings is 1. The van der Waals surface area contributed by atoms with Crippen molar-refractivity contribution in [2.45, 2.75) is 208 Å². The molecule has 1 heterocycles. The van der Waals surface area contributed by atoms with Gasteiger partial charge in [-0.05, 0) is 249 Å². The Morgan fingerprint density at radius 1 is 0.495 bits per heavy atom. The summed E-state index contributed by atoms with van der Waals surface area (Å²) in [6, 6.07) is 49.2. The molecule has 0 N–H and O–H groups in total. The highest BCUT2D eigenvalue weighted by molar-refractivity contribution is 7.97. The minimum Gasteiger partial charge on any atom is -0.652 e. The van der Waals surface area contributed by atoms with Crippen molar-refractivity contribution in [3.8, 4) is 10.6 Å². The number of nitrogens with zero attached hydrogens (tertiary/aromatic N) is 2. The van der Waals surface area contributed by atoms with E-state index in [1.807, 2.05) is 24.3 Å². The molecule has 9 aliphatic rings. The van der Waals surface area contributed by atoms with Gasteiger partial charge in [-0.3, -0.25) is 14.4 Å². The second kappa shape index (κ2) is 37.9. The summed E-state index contributed by atoms with van der Waals surface area (Å²) in [5.74, 6) is 2.06. The summed E-state index contributed by atoms with van der Waals surface area (Å²) in [5, 5.41) is 10.4. The zero-order chi connectivity index (χ0) is 78.8. The second-order valence-corrected chi connectivity index (χ2v) is 35.9. The van der Waals surface area contributed by atoms with Crippen LogP contribution in [0.25, 0.3) is 25.6 Å². The molecule has 24 heteroatoms. The quantitative estimate of drug-likeness (QED) is 0.0186. The van der Waals surface area contributed by atoms with Crippen molar-refractivity contribution in [3.63, 3.8) is 0 Å². The molecule has 1 unspecified atom stereocenters. The van der Waals surface area contributed by atoms with Crippen LogP contribution in [0.2, 0.25) is 0 Å². The summed E-state index contributed by atoms with van der Waals surface area (Å²) in [6.45, 7) is 8.76. The molecule has 0 amide bonds. The van der Waals surface area contributed by atoms with E-state index in [2.05, 4.69) is 168 Å². The maximum absolute atomic E-state index is 12.4. The van der Waals surface area contributed by atoms with Crippen LogP contribution in [0.5, 0.6) is 5.75 Å². The number of rotatable bonds is 24. The first-order valence-electron chi connectivity index (χ1n) is 38.1. The summed E-state index contributed by atoms with van der Waals surface area (Å²) in [5.41, 5.74) is -0.0898. The van der Waals surface area contributed by atoms with Crippen LogP contribution in [-0.4, -0.2) is 113 Å². The molecule has 0 radical (unpaired) electrons. The number of fused-ring (bicyclic) bond motifs is 1. The van der Waals surface area contributed by atoms with Crippen molar-refractivity contribution < 1.29 is 91.9 Å². The van der Waals surface area contributed by atoms with Gasteiger partial charge in [-0.1, -0.05) is 108 Å². The van der Waals surface area contributed by atoms with Crippen LogP contribution in [0.4, 0.5) is 39.5 Å². The highest BCUT2D eigenvalue weighted by Gasteiger charge is 2.57. The SMILES string of the molecule is CC(C)(C)c1ccc(-[s+]2ccc3ccccc32)cc1.CCC(C)(C)C(=O)OCC(=O)OCC(F)(F)F.CCC1(OC(=O)COc2ccc([S+](c3ccccc3)c3ccccc3)cc2)CCCC1.O=C(OCC[N-]CC(F)(F)F)C12CC3CC(CC(C3)C1)C2.O=C(OCC[N-]CC(F)(F)F)C12CC3CC(CC(C3)C1)C2. The van der Waals surface area contributed by atoms with Gasteiger partial charge in [0, 0.05) is 21.9 Å². The van der Waals surface area contributed by atoms with Gasteiger partial charge < -0.3 is 39.1 Å². The van der Waals surface area contributed by atoms with Gasteiger partial charge in [0.2, 0.25) is 0 Å². The number of esters is 5. The molecule has 596 valence electrons. The fourth-order valence-corrected chi connectivity index (χ4v) is 21.0. The summed E-state index contributed by atoms with van der Waals surface area (Å²) < 4.78 is 139. The van der Waals surface area contributed by atoms with Crippen LogP contribution in [0.3, 0.4) is 0 Å². The van der Waals surface area contributed by atoms with Crippen LogP contribution in [0.15, 0.2) is 160 Å². The predicted molar refractivity (Wildman–Crippen MR) is 404 cm³/mol. The highest BCUT2D eigenvalue weighted by atomic mass is 32.2. The van der Waals surface area contributed by atoms with Gasteiger partial charge in [0.05, 0.1) is 40.4 Å². The molecule has 5 aromatic carbocycles. The Labute approximate surface area is 640 Å². The molecule has 15 rings (SSSR count). The molecule has 0 saturated heterocycles. The fraction of sp³-hybridized carbons (Fsp3) is 0.565. The molecule has 13 nitrogen and oxygen atoms in total. The number of alkyl halides is 9. The van der Waals surface area contributed by atoms with Crippen LogP contribution in [-0.2, 0) is 64.0 Å². The van der Waals surface area contributed by atoms with Crippen LogP contribution >= 0.6 is 10.5 Å². The zero-order valence-electron chi connectivity index (χ0n) is 63.5. The number of halogens is 9. The van der Waals surface area contributed by atoms with E-state index in [9.17, 15) is 63.5 Å². The van der Waals surface area contributed by atoms with Crippen molar-refractivity contribution in [2.75, 3.05) is 59.2 Å². The van der Waals surface area contributed by atoms with Crippen LogP contribution in [0.1, 0.15) is 170 Å². The lowest BCUT2D eigenvalue weighted by atomic mass is 9.49. The molecule has 0 aliphatic heterocycles. The van der Waals surface area contributed by atoms with Crippen LogP contribution in [0, 0.1) is 51.8 Å². The van der Waals surface area contributed by atoms with Crippen molar-refractivity contribution >= 4 is 61.3 Å². The fourth-order valence-electron chi connectivity index (χ4n) is 17.0. The highest BCUT2D eigenvalue weighted by Crippen LogP contribution is 2.62. The predicted octanol–water partition coefficient (Wildman–Crippen LogP) is 21.7. The van der Waals surface area contributed by atoms with E-state index in [4.69, 9.17) is 18.9 Å². The Bertz CT molecular complexity index is 3710. The van der Waals surface area contributed by atoms with Crippen molar-refractivity contribution in [3.05, 3.63) is 161 Å². The monoisotopic (exact) mass is 1560 g/mol. The largest absolute Gasteiger partial charge is 0.652 e. The average Bonchev–Trinajstić information content (AvgIpc) is 0.779.